The van der Waals surface area contributed by atoms with E-state index < -0.39 is 0 Å². The molecule has 0 saturated carbocycles. The molecule has 0 radical (unpaired) electrons. The van der Waals surface area contributed by atoms with E-state index in [1.165, 1.54) is 11.1 Å². The molecule has 0 spiro atoms. The zero-order valence-electron chi connectivity index (χ0n) is 17.0. The molecule has 2 aromatic rings. The van der Waals surface area contributed by atoms with Crippen LogP contribution in [0.2, 0.25) is 0 Å². The van der Waals surface area contributed by atoms with Crippen molar-refractivity contribution in [1.29, 1.82) is 0 Å². The lowest BCUT2D eigenvalue weighted by atomic mass is 10.0. The van der Waals surface area contributed by atoms with Gasteiger partial charge in [-0.25, -0.2) is 0 Å². The van der Waals surface area contributed by atoms with Crippen molar-refractivity contribution in [3.05, 3.63) is 65.7 Å². The SMILES string of the molecule is CN=C(NCCOc1cccc(C)c1)NC1CCN(Cc2ccccc2)CC1. The van der Waals surface area contributed by atoms with Crippen molar-refractivity contribution in [2.75, 3.05) is 33.3 Å². The smallest absolute Gasteiger partial charge is 0.191 e. The summed E-state index contributed by atoms with van der Waals surface area (Å²) >= 11 is 0. The first kappa shape index (κ1) is 20.2. The number of piperidine rings is 1. The lowest BCUT2D eigenvalue weighted by Gasteiger charge is -2.33. The molecule has 0 bridgehead atoms. The first-order valence-electron chi connectivity index (χ1n) is 10.2. The van der Waals surface area contributed by atoms with Crippen LogP contribution in [0.4, 0.5) is 0 Å². The standard InChI is InChI=1S/C23H32N4O/c1-19-7-6-10-22(17-19)28-16-13-25-23(24-2)26-21-11-14-27(15-12-21)18-20-8-4-3-5-9-20/h3-10,17,21H,11-16,18H2,1-2H3,(H2,24,25,26). The van der Waals surface area contributed by atoms with Gasteiger partial charge in [-0.05, 0) is 43.0 Å². The van der Waals surface area contributed by atoms with Gasteiger partial charge in [-0.3, -0.25) is 9.89 Å². The zero-order valence-corrected chi connectivity index (χ0v) is 17.0. The molecule has 0 unspecified atom stereocenters. The Morgan fingerprint density at radius 2 is 1.89 bits per heavy atom. The van der Waals surface area contributed by atoms with Gasteiger partial charge in [-0.1, -0.05) is 42.5 Å². The molecule has 1 aliphatic rings. The maximum absolute atomic E-state index is 5.79. The number of likely N-dealkylation sites (tertiary alicyclic amines) is 1. The van der Waals surface area contributed by atoms with Crippen LogP contribution in [0.5, 0.6) is 5.75 Å². The Bertz CT molecular complexity index is 739. The minimum atomic E-state index is 0.468. The summed E-state index contributed by atoms with van der Waals surface area (Å²) in [6, 6.07) is 19.3. The average molecular weight is 381 g/mol. The van der Waals surface area contributed by atoms with Crippen molar-refractivity contribution in [1.82, 2.24) is 15.5 Å². The van der Waals surface area contributed by atoms with E-state index in [0.717, 1.165) is 50.7 Å². The second kappa shape index (κ2) is 10.7. The van der Waals surface area contributed by atoms with Crippen molar-refractivity contribution in [3.8, 4) is 5.75 Å². The largest absolute Gasteiger partial charge is 0.492 e. The second-order valence-electron chi connectivity index (χ2n) is 7.34. The van der Waals surface area contributed by atoms with Crippen LogP contribution in [0.25, 0.3) is 0 Å². The highest BCUT2D eigenvalue weighted by Crippen LogP contribution is 2.14. The fourth-order valence-electron chi connectivity index (χ4n) is 3.51. The van der Waals surface area contributed by atoms with E-state index >= 15 is 0 Å². The third-order valence-corrected chi connectivity index (χ3v) is 5.05. The molecule has 28 heavy (non-hydrogen) atoms. The molecule has 3 rings (SSSR count). The zero-order chi connectivity index (χ0) is 19.6. The molecular formula is C23H32N4O. The fourth-order valence-corrected chi connectivity index (χ4v) is 3.51. The molecule has 5 heteroatoms. The minimum Gasteiger partial charge on any atom is -0.492 e. The topological polar surface area (TPSA) is 48.9 Å². The summed E-state index contributed by atoms with van der Waals surface area (Å²) < 4.78 is 5.79. The average Bonchev–Trinajstić information content (AvgIpc) is 2.72. The predicted molar refractivity (Wildman–Crippen MR) is 116 cm³/mol. The normalized spacial score (nSPS) is 16.0. The van der Waals surface area contributed by atoms with Crippen molar-refractivity contribution in [2.45, 2.75) is 32.4 Å². The van der Waals surface area contributed by atoms with E-state index in [0.29, 0.717) is 12.6 Å². The third kappa shape index (κ3) is 6.57. The second-order valence-corrected chi connectivity index (χ2v) is 7.34. The van der Waals surface area contributed by atoms with Gasteiger partial charge in [0.05, 0.1) is 6.54 Å². The van der Waals surface area contributed by atoms with Crippen LogP contribution >= 0.6 is 0 Å². The summed E-state index contributed by atoms with van der Waals surface area (Å²) in [6.45, 7) is 6.67. The summed E-state index contributed by atoms with van der Waals surface area (Å²) in [5.41, 5.74) is 2.60. The molecule has 0 aromatic heterocycles. The van der Waals surface area contributed by atoms with Crippen LogP contribution in [-0.4, -0.2) is 50.2 Å². The van der Waals surface area contributed by atoms with Crippen molar-refractivity contribution in [2.24, 2.45) is 4.99 Å². The minimum absolute atomic E-state index is 0.468. The maximum atomic E-state index is 5.79. The molecule has 1 aliphatic heterocycles. The highest BCUT2D eigenvalue weighted by Gasteiger charge is 2.19. The highest BCUT2D eigenvalue weighted by molar-refractivity contribution is 5.79. The van der Waals surface area contributed by atoms with E-state index in [2.05, 4.69) is 69.9 Å². The monoisotopic (exact) mass is 380 g/mol. The van der Waals surface area contributed by atoms with Gasteiger partial charge < -0.3 is 15.4 Å². The molecule has 0 atom stereocenters. The summed E-state index contributed by atoms with van der Waals surface area (Å²) in [5, 5.41) is 6.91. The van der Waals surface area contributed by atoms with Crippen LogP contribution in [0.15, 0.2) is 59.6 Å². The Balaban J connectivity index is 1.34. The number of aliphatic imine (C=N–C) groups is 1. The molecule has 5 nitrogen and oxygen atoms in total. The number of nitrogens with zero attached hydrogens (tertiary/aromatic N) is 2. The van der Waals surface area contributed by atoms with E-state index in [-0.39, 0.29) is 0 Å². The van der Waals surface area contributed by atoms with Crippen molar-refractivity contribution in [3.63, 3.8) is 0 Å². The molecule has 2 N–H and O–H groups in total. The Labute approximate surface area is 168 Å². The number of rotatable bonds is 7. The first-order chi connectivity index (χ1) is 13.7. The van der Waals surface area contributed by atoms with E-state index in [9.17, 15) is 0 Å². The predicted octanol–water partition coefficient (Wildman–Crippen LogP) is 3.20. The number of ether oxygens (including phenoxy) is 1. The summed E-state index contributed by atoms with van der Waals surface area (Å²) in [6.07, 6.45) is 2.26. The molecule has 1 fully saturated rings. The Morgan fingerprint density at radius 1 is 1.11 bits per heavy atom. The van der Waals surface area contributed by atoms with Crippen LogP contribution in [-0.2, 0) is 6.54 Å². The number of benzene rings is 2. The Morgan fingerprint density at radius 3 is 2.61 bits per heavy atom. The van der Waals surface area contributed by atoms with Crippen molar-refractivity contribution < 1.29 is 4.74 Å². The van der Waals surface area contributed by atoms with Crippen LogP contribution in [0.1, 0.15) is 24.0 Å². The lowest BCUT2D eigenvalue weighted by molar-refractivity contribution is 0.198. The van der Waals surface area contributed by atoms with E-state index in [4.69, 9.17) is 4.74 Å². The van der Waals surface area contributed by atoms with Gasteiger partial charge in [0, 0.05) is 32.7 Å². The number of hydrogen-bond donors (Lipinski definition) is 2. The van der Waals surface area contributed by atoms with Gasteiger partial charge >= 0.3 is 0 Å². The molecule has 1 heterocycles. The number of nitrogens with one attached hydrogen (secondary N) is 2. The molecule has 150 valence electrons. The Kier molecular flexibility index (Phi) is 7.73. The molecule has 1 saturated heterocycles. The van der Waals surface area contributed by atoms with Gasteiger partial charge in [0.1, 0.15) is 12.4 Å². The van der Waals surface area contributed by atoms with Gasteiger partial charge in [0.25, 0.3) is 0 Å². The molecular weight excluding hydrogens is 348 g/mol. The fraction of sp³-hybridized carbons (Fsp3) is 0.435. The summed E-state index contributed by atoms with van der Waals surface area (Å²) in [5.74, 6) is 1.77. The number of aryl methyl sites for hydroxylation is 1. The maximum Gasteiger partial charge on any atom is 0.191 e. The third-order valence-electron chi connectivity index (χ3n) is 5.05. The quantitative estimate of drug-likeness (QED) is 0.440. The summed E-state index contributed by atoms with van der Waals surface area (Å²) in [7, 11) is 1.82. The van der Waals surface area contributed by atoms with Crippen LogP contribution in [0.3, 0.4) is 0 Å². The van der Waals surface area contributed by atoms with Crippen LogP contribution in [0, 0.1) is 6.92 Å². The molecule has 0 amide bonds. The lowest BCUT2D eigenvalue weighted by Crippen LogP contribution is -2.49. The van der Waals surface area contributed by atoms with Crippen LogP contribution < -0.4 is 15.4 Å². The molecule has 2 aromatic carbocycles. The summed E-state index contributed by atoms with van der Waals surface area (Å²) in [4.78, 5) is 6.88. The van der Waals surface area contributed by atoms with E-state index in [1.807, 2.05) is 19.2 Å². The van der Waals surface area contributed by atoms with Gasteiger partial charge in [0.15, 0.2) is 5.96 Å². The highest BCUT2D eigenvalue weighted by atomic mass is 16.5. The number of hydrogen-bond acceptors (Lipinski definition) is 3. The van der Waals surface area contributed by atoms with Crippen molar-refractivity contribution >= 4 is 5.96 Å². The van der Waals surface area contributed by atoms with E-state index in [1.54, 1.807) is 0 Å². The molecule has 0 aliphatic carbocycles. The van der Waals surface area contributed by atoms with Gasteiger partial charge in [-0.15, -0.1) is 0 Å². The number of guanidine groups is 1. The first-order valence-corrected chi connectivity index (χ1v) is 10.2. The van der Waals surface area contributed by atoms with Gasteiger partial charge in [-0.2, -0.15) is 0 Å². The Hall–Kier alpha value is -2.53. The van der Waals surface area contributed by atoms with Gasteiger partial charge in [0.2, 0.25) is 0 Å².